The van der Waals surface area contributed by atoms with Crippen molar-refractivity contribution in [3.63, 3.8) is 0 Å². The van der Waals surface area contributed by atoms with Crippen LogP contribution in [0.2, 0.25) is 0 Å². The number of hydrogen-bond donors (Lipinski definition) is 1. The summed E-state index contributed by atoms with van der Waals surface area (Å²) < 4.78 is 0. The first kappa shape index (κ1) is 16.6. The van der Waals surface area contributed by atoms with Gasteiger partial charge in [-0.05, 0) is 58.9 Å². The van der Waals surface area contributed by atoms with Crippen molar-refractivity contribution in [2.24, 2.45) is 0 Å². The summed E-state index contributed by atoms with van der Waals surface area (Å²) in [5.74, 6) is 6.54. The molecule has 0 spiro atoms. The SMILES string of the molecule is CC1(C)CCSc2ccc(C#Cc3ccc(CC(=O)O)cn3)cc21. The zero-order valence-electron chi connectivity index (χ0n) is 13.8. The normalized spacial score (nSPS) is 15.1. The van der Waals surface area contributed by atoms with Gasteiger partial charge in [0.2, 0.25) is 0 Å². The molecule has 0 bridgehead atoms. The molecule has 0 aliphatic carbocycles. The number of fused-ring (bicyclic) bond motifs is 1. The molecule has 0 amide bonds. The number of nitrogens with zero attached hydrogens (tertiary/aromatic N) is 1. The summed E-state index contributed by atoms with van der Waals surface area (Å²) in [6, 6.07) is 9.93. The Morgan fingerprint density at radius 3 is 2.83 bits per heavy atom. The molecule has 0 saturated heterocycles. The van der Waals surface area contributed by atoms with Crippen molar-refractivity contribution in [2.75, 3.05) is 5.75 Å². The van der Waals surface area contributed by atoms with Gasteiger partial charge in [-0.2, -0.15) is 0 Å². The van der Waals surface area contributed by atoms with E-state index in [9.17, 15) is 4.79 Å². The van der Waals surface area contributed by atoms with E-state index >= 15 is 0 Å². The van der Waals surface area contributed by atoms with Crippen molar-refractivity contribution in [1.82, 2.24) is 4.98 Å². The van der Waals surface area contributed by atoms with Crippen molar-refractivity contribution in [3.8, 4) is 11.8 Å². The van der Waals surface area contributed by atoms with Crippen LogP contribution in [0.1, 0.15) is 42.7 Å². The Hall–Kier alpha value is -2.25. The lowest BCUT2D eigenvalue weighted by atomic mass is 9.81. The Morgan fingerprint density at radius 2 is 2.12 bits per heavy atom. The number of rotatable bonds is 2. The third kappa shape index (κ3) is 3.80. The molecule has 4 heteroatoms. The van der Waals surface area contributed by atoms with Crippen LogP contribution in [0.25, 0.3) is 0 Å². The second-order valence-corrected chi connectivity index (χ2v) is 7.70. The van der Waals surface area contributed by atoms with Gasteiger partial charge in [-0.15, -0.1) is 11.8 Å². The lowest BCUT2D eigenvalue weighted by Gasteiger charge is -2.32. The van der Waals surface area contributed by atoms with E-state index in [0.717, 1.165) is 11.3 Å². The van der Waals surface area contributed by atoms with Gasteiger partial charge < -0.3 is 5.11 Å². The van der Waals surface area contributed by atoms with Crippen LogP contribution in [0, 0.1) is 11.8 Å². The highest BCUT2D eigenvalue weighted by Crippen LogP contribution is 2.41. The molecule has 0 atom stereocenters. The van der Waals surface area contributed by atoms with Crippen LogP contribution in [0.3, 0.4) is 0 Å². The van der Waals surface area contributed by atoms with Gasteiger partial charge in [-0.1, -0.05) is 25.8 Å². The molecular formula is C20H19NO2S. The van der Waals surface area contributed by atoms with E-state index in [1.54, 1.807) is 18.3 Å². The summed E-state index contributed by atoms with van der Waals surface area (Å²) >= 11 is 1.91. The van der Waals surface area contributed by atoms with E-state index < -0.39 is 5.97 Å². The van der Waals surface area contributed by atoms with Crippen LogP contribution in [0.15, 0.2) is 41.4 Å². The molecule has 3 nitrogen and oxygen atoms in total. The molecular weight excluding hydrogens is 318 g/mol. The first-order chi connectivity index (χ1) is 11.4. The summed E-state index contributed by atoms with van der Waals surface area (Å²) in [4.78, 5) is 16.3. The zero-order valence-corrected chi connectivity index (χ0v) is 14.6. The van der Waals surface area contributed by atoms with E-state index in [1.807, 2.05) is 11.8 Å². The average Bonchev–Trinajstić information content (AvgIpc) is 2.54. The number of aromatic nitrogens is 1. The largest absolute Gasteiger partial charge is 0.481 e. The van der Waals surface area contributed by atoms with Crippen LogP contribution in [0.5, 0.6) is 0 Å². The summed E-state index contributed by atoms with van der Waals surface area (Å²) in [5.41, 5.74) is 3.88. The van der Waals surface area contributed by atoms with E-state index in [4.69, 9.17) is 5.11 Å². The maximum absolute atomic E-state index is 10.7. The minimum atomic E-state index is -0.856. The van der Waals surface area contributed by atoms with Gasteiger partial charge in [0, 0.05) is 16.7 Å². The number of carbonyl (C=O) groups is 1. The first-order valence-electron chi connectivity index (χ1n) is 7.90. The second-order valence-electron chi connectivity index (χ2n) is 6.57. The molecule has 1 N–H and O–H groups in total. The summed E-state index contributed by atoms with van der Waals surface area (Å²) in [6.07, 6.45) is 2.73. The van der Waals surface area contributed by atoms with E-state index in [-0.39, 0.29) is 11.8 Å². The molecule has 1 aromatic carbocycles. The Bertz CT molecular complexity index is 829. The van der Waals surface area contributed by atoms with Crippen molar-refractivity contribution in [3.05, 3.63) is 58.9 Å². The van der Waals surface area contributed by atoms with Crippen LogP contribution in [-0.2, 0) is 16.6 Å². The van der Waals surface area contributed by atoms with Crippen LogP contribution < -0.4 is 0 Å². The van der Waals surface area contributed by atoms with Crippen LogP contribution in [0.4, 0.5) is 0 Å². The van der Waals surface area contributed by atoms with Gasteiger partial charge in [0.15, 0.2) is 0 Å². The molecule has 0 fully saturated rings. The predicted octanol–water partition coefficient (Wildman–Crippen LogP) is 3.88. The summed E-state index contributed by atoms with van der Waals surface area (Å²) in [5, 5.41) is 8.77. The average molecular weight is 337 g/mol. The van der Waals surface area contributed by atoms with Crippen molar-refractivity contribution < 1.29 is 9.90 Å². The first-order valence-corrected chi connectivity index (χ1v) is 8.89. The minimum absolute atomic E-state index is 0.0156. The Morgan fingerprint density at radius 1 is 1.29 bits per heavy atom. The monoisotopic (exact) mass is 337 g/mol. The van der Waals surface area contributed by atoms with Gasteiger partial charge in [0.1, 0.15) is 5.69 Å². The van der Waals surface area contributed by atoms with Crippen LogP contribution in [-0.4, -0.2) is 21.8 Å². The quantitative estimate of drug-likeness (QED) is 0.845. The smallest absolute Gasteiger partial charge is 0.307 e. The number of aliphatic carboxylic acids is 1. The third-order valence-electron chi connectivity index (χ3n) is 4.21. The number of benzene rings is 1. The molecule has 0 radical (unpaired) electrons. The molecule has 1 aliphatic rings. The predicted molar refractivity (Wildman–Crippen MR) is 96.4 cm³/mol. The number of pyridine rings is 1. The standard InChI is InChI=1S/C20H19NO2S/c1-20(2)9-10-24-18-8-5-14(11-17(18)20)3-6-16-7-4-15(13-21-16)12-19(22)23/h4-5,7-8,11,13H,9-10,12H2,1-2H3,(H,22,23). The van der Waals surface area contributed by atoms with Crippen LogP contribution >= 0.6 is 11.8 Å². The van der Waals surface area contributed by atoms with E-state index in [0.29, 0.717) is 11.3 Å². The molecule has 0 unspecified atom stereocenters. The van der Waals surface area contributed by atoms with E-state index in [2.05, 4.69) is 48.9 Å². The molecule has 24 heavy (non-hydrogen) atoms. The topological polar surface area (TPSA) is 50.2 Å². The Labute approximate surface area is 146 Å². The fraction of sp³-hybridized carbons (Fsp3) is 0.300. The highest BCUT2D eigenvalue weighted by atomic mass is 32.2. The minimum Gasteiger partial charge on any atom is -0.481 e. The maximum atomic E-state index is 10.7. The van der Waals surface area contributed by atoms with Gasteiger partial charge in [-0.3, -0.25) is 4.79 Å². The molecule has 1 aliphatic heterocycles. The van der Waals surface area contributed by atoms with Crippen molar-refractivity contribution in [1.29, 1.82) is 0 Å². The molecule has 1 aromatic heterocycles. The number of thioether (sulfide) groups is 1. The number of hydrogen-bond acceptors (Lipinski definition) is 3. The molecule has 2 heterocycles. The highest BCUT2D eigenvalue weighted by molar-refractivity contribution is 7.99. The third-order valence-corrected chi connectivity index (χ3v) is 5.28. The van der Waals surface area contributed by atoms with Gasteiger partial charge in [-0.25, -0.2) is 4.98 Å². The maximum Gasteiger partial charge on any atom is 0.307 e. The second kappa shape index (κ2) is 6.70. The highest BCUT2D eigenvalue weighted by Gasteiger charge is 2.27. The molecule has 3 rings (SSSR count). The van der Waals surface area contributed by atoms with Gasteiger partial charge in [0.25, 0.3) is 0 Å². The molecule has 0 saturated carbocycles. The van der Waals surface area contributed by atoms with Gasteiger partial charge in [0.05, 0.1) is 6.42 Å². The zero-order chi connectivity index (χ0) is 17.2. The van der Waals surface area contributed by atoms with E-state index in [1.165, 1.54) is 16.9 Å². The molecule has 2 aromatic rings. The number of carboxylic acids is 1. The Balaban J connectivity index is 1.82. The fourth-order valence-corrected chi connectivity index (χ4v) is 4.21. The summed E-state index contributed by atoms with van der Waals surface area (Å²) in [6.45, 7) is 4.57. The Kier molecular flexibility index (Phi) is 4.64. The number of carboxylic acid groups (broad SMARTS) is 1. The van der Waals surface area contributed by atoms with Crippen molar-refractivity contribution in [2.45, 2.75) is 37.0 Å². The lowest BCUT2D eigenvalue weighted by Crippen LogP contribution is -2.22. The molecule has 122 valence electrons. The summed E-state index contributed by atoms with van der Waals surface area (Å²) in [7, 11) is 0. The van der Waals surface area contributed by atoms with Gasteiger partial charge >= 0.3 is 5.97 Å². The lowest BCUT2D eigenvalue weighted by molar-refractivity contribution is -0.136. The van der Waals surface area contributed by atoms with Crippen molar-refractivity contribution >= 4 is 17.7 Å². The fourth-order valence-electron chi connectivity index (χ4n) is 2.73.